The summed E-state index contributed by atoms with van der Waals surface area (Å²) in [7, 11) is 0. The minimum Gasteiger partial charge on any atom is -0.370 e. The molecule has 0 saturated carbocycles. The quantitative estimate of drug-likeness (QED) is 0.811. The molecule has 5 heteroatoms. The zero-order valence-electron chi connectivity index (χ0n) is 13.2. The van der Waals surface area contributed by atoms with Gasteiger partial charge in [-0.3, -0.25) is 0 Å². The van der Waals surface area contributed by atoms with Crippen LogP contribution in [0.5, 0.6) is 0 Å². The zero-order valence-corrected chi connectivity index (χ0v) is 14.0. The van der Waals surface area contributed by atoms with Crippen LogP contribution in [0.3, 0.4) is 0 Å². The highest BCUT2D eigenvalue weighted by atomic mass is 32.1. The molecule has 4 nitrogen and oxygen atoms in total. The molecule has 0 aliphatic rings. The molecule has 0 aromatic carbocycles. The molecule has 1 unspecified atom stereocenters. The van der Waals surface area contributed by atoms with E-state index in [1.165, 1.54) is 9.75 Å². The maximum absolute atomic E-state index is 4.47. The molecule has 0 radical (unpaired) electrons. The van der Waals surface area contributed by atoms with Crippen molar-refractivity contribution in [1.82, 2.24) is 9.97 Å². The first kappa shape index (κ1) is 15.8. The van der Waals surface area contributed by atoms with E-state index in [0.717, 1.165) is 36.8 Å². The molecule has 0 aliphatic carbocycles. The van der Waals surface area contributed by atoms with Crippen LogP contribution >= 0.6 is 11.3 Å². The summed E-state index contributed by atoms with van der Waals surface area (Å²) in [5, 5.41) is 6.79. The lowest BCUT2D eigenvalue weighted by molar-refractivity contribution is 0.791. The van der Waals surface area contributed by atoms with Crippen molar-refractivity contribution in [1.29, 1.82) is 0 Å². The summed E-state index contributed by atoms with van der Waals surface area (Å²) in [6, 6.07) is 6.71. The lowest BCUT2D eigenvalue weighted by Crippen LogP contribution is -2.19. The first-order valence-electron chi connectivity index (χ1n) is 7.48. The SMILES string of the molecule is CCCNc1cc(NC(C)Cc2ccc(C)s2)nc(C)n1. The number of aryl methyl sites for hydroxylation is 2. The standard InChI is InChI=1S/C16H24N4S/c1-5-8-17-15-10-16(20-13(4)19-15)18-11(2)9-14-7-6-12(3)21-14/h6-7,10-11H,5,8-9H2,1-4H3,(H2,17,18,19,20). The number of hydrogen-bond donors (Lipinski definition) is 2. The molecule has 0 spiro atoms. The monoisotopic (exact) mass is 304 g/mol. The van der Waals surface area contributed by atoms with Crippen LogP contribution in [0.25, 0.3) is 0 Å². The van der Waals surface area contributed by atoms with Gasteiger partial charge in [-0.2, -0.15) is 0 Å². The van der Waals surface area contributed by atoms with Gasteiger partial charge in [0.05, 0.1) is 0 Å². The maximum atomic E-state index is 4.47. The van der Waals surface area contributed by atoms with Gasteiger partial charge in [-0.1, -0.05) is 6.92 Å². The van der Waals surface area contributed by atoms with Gasteiger partial charge in [0, 0.05) is 34.8 Å². The third kappa shape index (κ3) is 5.01. The highest BCUT2D eigenvalue weighted by Gasteiger charge is 2.08. The Labute approximate surface area is 131 Å². The Hall–Kier alpha value is -1.62. The van der Waals surface area contributed by atoms with Gasteiger partial charge in [0.2, 0.25) is 0 Å². The van der Waals surface area contributed by atoms with Gasteiger partial charge in [0.15, 0.2) is 0 Å². The highest BCUT2D eigenvalue weighted by molar-refractivity contribution is 7.11. The summed E-state index contributed by atoms with van der Waals surface area (Å²) in [5.74, 6) is 2.57. The van der Waals surface area contributed by atoms with Gasteiger partial charge in [-0.05, 0) is 39.3 Å². The molecule has 2 N–H and O–H groups in total. The number of nitrogens with zero attached hydrogens (tertiary/aromatic N) is 2. The molecule has 114 valence electrons. The minimum absolute atomic E-state index is 0.344. The van der Waals surface area contributed by atoms with Crippen molar-refractivity contribution in [3.05, 3.63) is 33.8 Å². The van der Waals surface area contributed by atoms with Crippen molar-refractivity contribution in [2.75, 3.05) is 17.2 Å². The molecule has 0 aliphatic heterocycles. The summed E-state index contributed by atoms with van der Waals surface area (Å²) in [5.41, 5.74) is 0. The van der Waals surface area contributed by atoms with Crippen molar-refractivity contribution in [3.8, 4) is 0 Å². The predicted molar refractivity (Wildman–Crippen MR) is 91.4 cm³/mol. The van der Waals surface area contributed by atoms with Crippen LogP contribution in [0.2, 0.25) is 0 Å². The van der Waals surface area contributed by atoms with E-state index in [1.807, 2.05) is 24.3 Å². The lowest BCUT2D eigenvalue weighted by atomic mass is 10.2. The Kier molecular flexibility index (Phi) is 5.56. The van der Waals surface area contributed by atoms with E-state index in [4.69, 9.17) is 0 Å². The fourth-order valence-electron chi connectivity index (χ4n) is 2.19. The molecular formula is C16H24N4S. The van der Waals surface area contributed by atoms with Crippen LogP contribution in [0.15, 0.2) is 18.2 Å². The minimum atomic E-state index is 0.344. The maximum Gasteiger partial charge on any atom is 0.132 e. The lowest BCUT2D eigenvalue weighted by Gasteiger charge is -2.15. The van der Waals surface area contributed by atoms with Gasteiger partial charge < -0.3 is 10.6 Å². The molecule has 21 heavy (non-hydrogen) atoms. The van der Waals surface area contributed by atoms with Crippen molar-refractivity contribution in [3.63, 3.8) is 0 Å². The first-order valence-corrected chi connectivity index (χ1v) is 8.30. The summed E-state index contributed by atoms with van der Waals surface area (Å²) in [6.45, 7) is 9.33. The van der Waals surface area contributed by atoms with Crippen LogP contribution in [0, 0.1) is 13.8 Å². The molecule has 2 rings (SSSR count). The Bertz CT molecular complexity index is 579. The van der Waals surface area contributed by atoms with E-state index in [0.29, 0.717) is 6.04 Å². The fraction of sp³-hybridized carbons (Fsp3) is 0.500. The van der Waals surface area contributed by atoms with E-state index in [-0.39, 0.29) is 0 Å². The third-order valence-corrected chi connectivity index (χ3v) is 4.11. The van der Waals surface area contributed by atoms with Crippen molar-refractivity contribution in [2.45, 2.75) is 46.6 Å². The van der Waals surface area contributed by atoms with Crippen LogP contribution < -0.4 is 10.6 Å². The van der Waals surface area contributed by atoms with Gasteiger partial charge in [-0.25, -0.2) is 9.97 Å². The Balaban J connectivity index is 1.99. The number of thiophene rings is 1. The van der Waals surface area contributed by atoms with Crippen LogP contribution in [0.4, 0.5) is 11.6 Å². The number of hydrogen-bond acceptors (Lipinski definition) is 5. The predicted octanol–water partition coefficient (Wildman–Crippen LogP) is 4.02. The van der Waals surface area contributed by atoms with Crippen molar-refractivity contribution < 1.29 is 0 Å². The van der Waals surface area contributed by atoms with Crippen LogP contribution in [0.1, 0.15) is 35.8 Å². The van der Waals surface area contributed by atoms with Crippen LogP contribution in [-0.4, -0.2) is 22.6 Å². The van der Waals surface area contributed by atoms with Crippen LogP contribution in [-0.2, 0) is 6.42 Å². The average molecular weight is 304 g/mol. The molecule has 2 heterocycles. The summed E-state index contributed by atoms with van der Waals surface area (Å²) in [4.78, 5) is 11.6. The van der Waals surface area contributed by atoms with E-state index < -0.39 is 0 Å². The first-order chi connectivity index (χ1) is 10.1. The molecule has 2 aromatic heterocycles. The average Bonchev–Trinajstić information content (AvgIpc) is 2.80. The second kappa shape index (κ2) is 7.41. The number of nitrogens with one attached hydrogen (secondary N) is 2. The highest BCUT2D eigenvalue weighted by Crippen LogP contribution is 2.19. The summed E-state index contributed by atoms with van der Waals surface area (Å²) < 4.78 is 0. The molecule has 0 fully saturated rings. The largest absolute Gasteiger partial charge is 0.370 e. The second-order valence-electron chi connectivity index (χ2n) is 5.37. The molecule has 0 bridgehead atoms. The molecule has 2 aromatic rings. The third-order valence-electron chi connectivity index (χ3n) is 3.09. The molecule has 0 amide bonds. The summed E-state index contributed by atoms with van der Waals surface area (Å²) >= 11 is 1.86. The summed E-state index contributed by atoms with van der Waals surface area (Å²) in [6.07, 6.45) is 2.10. The van der Waals surface area contributed by atoms with Crippen molar-refractivity contribution >= 4 is 23.0 Å². The van der Waals surface area contributed by atoms with Gasteiger partial charge in [0.25, 0.3) is 0 Å². The van der Waals surface area contributed by atoms with E-state index >= 15 is 0 Å². The van der Waals surface area contributed by atoms with Gasteiger partial charge in [-0.15, -0.1) is 11.3 Å². The zero-order chi connectivity index (χ0) is 15.2. The Morgan fingerprint density at radius 2 is 1.95 bits per heavy atom. The van der Waals surface area contributed by atoms with Gasteiger partial charge in [0.1, 0.15) is 17.5 Å². The molecular weight excluding hydrogens is 280 g/mol. The smallest absolute Gasteiger partial charge is 0.132 e. The molecule has 0 saturated heterocycles. The fourth-order valence-corrected chi connectivity index (χ4v) is 3.20. The topological polar surface area (TPSA) is 49.8 Å². The van der Waals surface area contributed by atoms with E-state index in [1.54, 1.807) is 0 Å². The van der Waals surface area contributed by atoms with E-state index in [2.05, 4.69) is 53.5 Å². The molecule has 1 atom stereocenters. The normalized spacial score (nSPS) is 12.2. The van der Waals surface area contributed by atoms with Gasteiger partial charge >= 0.3 is 0 Å². The number of anilines is 2. The second-order valence-corrected chi connectivity index (χ2v) is 6.75. The Morgan fingerprint density at radius 3 is 2.62 bits per heavy atom. The number of aromatic nitrogens is 2. The Morgan fingerprint density at radius 1 is 1.19 bits per heavy atom. The van der Waals surface area contributed by atoms with E-state index in [9.17, 15) is 0 Å². The van der Waals surface area contributed by atoms with Crippen molar-refractivity contribution in [2.24, 2.45) is 0 Å². The number of rotatable bonds is 7.